The third-order valence-electron chi connectivity index (χ3n) is 3.07. The van der Waals surface area contributed by atoms with Crippen LogP contribution in [0.4, 0.5) is 0 Å². The Morgan fingerprint density at radius 3 is 2.47 bits per heavy atom. The van der Waals surface area contributed by atoms with Gasteiger partial charge >= 0.3 is 0 Å². The molecular weight excluding hydrogens is 281 g/mol. The van der Waals surface area contributed by atoms with Crippen LogP contribution in [0.5, 0.6) is 0 Å². The second-order valence-electron chi connectivity index (χ2n) is 4.06. The van der Waals surface area contributed by atoms with Gasteiger partial charge in [0.05, 0.1) is 21.2 Å². The summed E-state index contributed by atoms with van der Waals surface area (Å²) < 4.78 is 24.5. The molecule has 0 bridgehead atoms. The lowest BCUT2D eigenvalue weighted by molar-refractivity contribution is 0.529. The number of rotatable bonds is 2. The van der Waals surface area contributed by atoms with Crippen molar-refractivity contribution in [3.8, 4) is 0 Å². The van der Waals surface area contributed by atoms with Gasteiger partial charge in [-0.05, 0) is 25.6 Å². The Kier molecular flexibility index (Phi) is 3.42. The van der Waals surface area contributed by atoms with Crippen molar-refractivity contribution < 1.29 is 8.42 Å². The summed E-state index contributed by atoms with van der Waals surface area (Å²) in [6, 6.07) is 2.88. The number of sulfone groups is 1. The summed E-state index contributed by atoms with van der Waals surface area (Å²) in [4.78, 5) is 0.185. The van der Waals surface area contributed by atoms with E-state index in [9.17, 15) is 8.42 Å². The van der Waals surface area contributed by atoms with E-state index in [1.807, 2.05) is 6.92 Å². The van der Waals surface area contributed by atoms with E-state index in [0.29, 0.717) is 17.1 Å². The van der Waals surface area contributed by atoms with Gasteiger partial charge in [-0.25, -0.2) is 8.42 Å². The van der Waals surface area contributed by atoms with Crippen molar-refractivity contribution in [1.82, 2.24) is 5.32 Å². The molecule has 0 amide bonds. The van der Waals surface area contributed by atoms with Crippen LogP contribution in [-0.2, 0) is 9.84 Å². The van der Waals surface area contributed by atoms with Crippen LogP contribution >= 0.6 is 23.2 Å². The molecule has 0 saturated carbocycles. The van der Waals surface area contributed by atoms with Gasteiger partial charge < -0.3 is 5.32 Å². The van der Waals surface area contributed by atoms with Crippen molar-refractivity contribution in [2.75, 3.05) is 6.54 Å². The predicted octanol–water partition coefficient (Wildman–Crippen LogP) is 2.82. The summed E-state index contributed by atoms with van der Waals surface area (Å²) in [7, 11) is -3.39. The maximum Gasteiger partial charge on any atom is 0.184 e. The van der Waals surface area contributed by atoms with Crippen LogP contribution in [0.2, 0.25) is 10.0 Å². The second kappa shape index (κ2) is 4.43. The third kappa shape index (κ3) is 1.87. The smallest absolute Gasteiger partial charge is 0.184 e. The molecular formula is C11H13Cl2NO2S. The first-order chi connectivity index (χ1) is 7.91. The average molecular weight is 294 g/mol. The normalized spacial score (nSPS) is 25.9. The summed E-state index contributed by atoms with van der Waals surface area (Å²) in [5.74, 6) is 0. The SMILES string of the molecule is CCNC1c2c(Cl)ccc(Cl)c2S(=O)(=O)C1C. The zero-order valence-corrected chi connectivity index (χ0v) is 11.8. The van der Waals surface area contributed by atoms with Crippen LogP contribution in [0.3, 0.4) is 0 Å². The first-order valence-corrected chi connectivity index (χ1v) is 7.66. The number of nitrogens with one attached hydrogen (secondary N) is 1. The molecule has 17 heavy (non-hydrogen) atoms. The van der Waals surface area contributed by atoms with Gasteiger partial charge in [0.25, 0.3) is 0 Å². The summed E-state index contributed by atoms with van der Waals surface area (Å²) >= 11 is 12.1. The molecule has 0 saturated heterocycles. The molecule has 2 atom stereocenters. The van der Waals surface area contributed by atoms with Gasteiger partial charge in [-0.2, -0.15) is 0 Å². The number of halogens is 2. The largest absolute Gasteiger partial charge is 0.309 e. The molecule has 2 unspecified atom stereocenters. The average Bonchev–Trinajstić information content (AvgIpc) is 2.46. The van der Waals surface area contributed by atoms with Gasteiger partial charge in [0.15, 0.2) is 9.84 Å². The molecule has 1 aromatic rings. The van der Waals surface area contributed by atoms with Crippen molar-refractivity contribution in [3.05, 3.63) is 27.7 Å². The Balaban J connectivity index is 2.74. The molecule has 1 aliphatic heterocycles. The molecule has 1 heterocycles. The number of hydrogen-bond acceptors (Lipinski definition) is 3. The Morgan fingerprint density at radius 1 is 1.29 bits per heavy atom. The highest BCUT2D eigenvalue weighted by atomic mass is 35.5. The summed E-state index contributed by atoms with van der Waals surface area (Å²) in [5.41, 5.74) is 0.605. The molecule has 0 radical (unpaired) electrons. The standard InChI is InChI=1S/C11H13Cl2NO2S/c1-3-14-10-6(2)17(15,16)11-8(13)5-4-7(12)9(10)11/h4-6,10,14H,3H2,1-2H3. The first kappa shape index (κ1) is 13.1. The molecule has 0 aliphatic carbocycles. The fourth-order valence-electron chi connectivity index (χ4n) is 2.22. The lowest BCUT2D eigenvalue weighted by Crippen LogP contribution is -2.29. The maximum atomic E-state index is 12.3. The molecule has 0 aromatic heterocycles. The van der Waals surface area contributed by atoms with Gasteiger partial charge in [0.2, 0.25) is 0 Å². The van der Waals surface area contributed by atoms with Crippen molar-refractivity contribution in [2.45, 2.75) is 30.0 Å². The molecule has 2 rings (SSSR count). The minimum absolute atomic E-state index is 0.185. The van der Waals surface area contributed by atoms with E-state index in [4.69, 9.17) is 23.2 Å². The van der Waals surface area contributed by atoms with E-state index in [1.165, 1.54) is 6.07 Å². The second-order valence-corrected chi connectivity index (χ2v) is 7.11. The van der Waals surface area contributed by atoms with E-state index < -0.39 is 15.1 Å². The van der Waals surface area contributed by atoms with Crippen molar-refractivity contribution >= 4 is 33.0 Å². The van der Waals surface area contributed by atoms with Crippen molar-refractivity contribution in [3.63, 3.8) is 0 Å². The highest BCUT2D eigenvalue weighted by Gasteiger charge is 2.44. The Hall–Kier alpha value is -0.290. The maximum absolute atomic E-state index is 12.3. The Morgan fingerprint density at radius 2 is 1.88 bits per heavy atom. The topological polar surface area (TPSA) is 46.2 Å². The van der Waals surface area contributed by atoms with Gasteiger partial charge in [-0.1, -0.05) is 30.1 Å². The number of fused-ring (bicyclic) bond motifs is 1. The van der Waals surface area contributed by atoms with E-state index >= 15 is 0 Å². The van der Waals surface area contributed by atoms with E-state index in [1.54, 1.807) is 13.0 Å². The van der Waals surface area contributed by atoms with Crippen molar-refractivity contribution in [2.24, 2.45) is 0 Å². The minimum Gasteiger partial charge on any atom is -0.309 e. The van der Waals surface area contributed by atoms with Crippen LogP contribution < -0.4 is 5.32 Å². The molecule has 1 aromatic carbocycles. The highest BCUT2D eigenvalue weighted by Crippen LogP contribution is 2.45. The van der Waals surface area contributed by atoms with E-state index in [0.717, 1.165) is 0 Å². The van der Waals surface area contributed by atoms with Crippen LogP contribution in [0.1, 0.15) is 25.5 Å². The Bertz CT molecular complexity index is 557. The fraction of sp³-hybridized carbons (Fsp3) is 0.455. The monoisotopic (exact) mass is 293 g/mol. The first-order valence-electron chi connectivity index (χ1n) is 5.36. The zero-order valence-electron chi connectivity index (χ0n) is 9.50. The molecule has 1 aliphatic rings. The zero-order chi connectivity index (χ0) is 12.8. The molecule has 1 N–H and O–H groups in total. The molecule has 3 nitrogen and oxygen atoms in total. The highest BCUT2D eigenvalue weighted by molar-refractivity contribution is 7.92. The summed E-state index contributed by atoms with van der Waals surface area (Å²) in [5, 5.41) is 3.30. The number of benzene rings is 1. The lowest BCUT2D eigenvalue weighted by atomic mass is 10.0. The predicted molar refractivity (Wildman–Crippen MR) is 69.5 cm³/mol. The van der Waals surface area contributed by atoms with Crippen LogP contribution in [-0.4, -0.2) is 20.2 Å². The third-order valence-corrected chi connectivity index (χ3v) is 6.09. The van der Waals surface area contributed by atoms with E-state index in [2.05, 4.69) is 5.32 Å². The van der Waals surface area contributed by atoms with Crippen LogP contribution in [0.15, 0.2) is 17.0 Å². The van der Waals surface area contributed by atoms with Crippen molar-refractivity contribution in [1.29, 1.82) is 0 Å². The summed E-state index contributed by atoms with van der Waals surface area (Å²) in [6.45, 7) is 4.28. The Labute approximate surface area is 111 Å². The fourth-order valence-corrected chi connectivity index (χ4v) is 4.88. The minimum atomic E-state index is -3.39. The van der Waals surface area contributed by atoms with Crippen LogP contribution in [0.25, 0.3) is 0 Å². The molecule has 0 spiro atoms. The molecule has 6 heteroatoms. The van der Waals surface area contributed by atoms with Gasteiger partial charge in [0, 0.05) is 10.6 Å². The van der Waals surface area contributed by atoms with E-state index in [-0.39, 0.29) is 16.0 Å². The lowest BCUT2D eigenvalue weighted by Gasteiger charge is -2.16. The van der Waals surface area contributed by atoms with Gasteiger partial charge in [0.1, 0.15) is 0 Å². The molecule has 0 fully saturated rings. The van der Waals surface area contributed by atoms with Gasteiger partial charge in [-0.15, -0.1) is 0 Å². The van der Waals surface area contributed by atoms with Gasteiger partial charge in [-0.3, -0.25) is 0 Å². The summed E-state index contributed by atoms with van der Waals surface area (Å²) in [6.07, 6.45) is 0. The molecule has 94 valence electrons. The van der Waals surface area contributed by atoms with Crippen LogP contribution in [0, 0.1) is 0 Å². The number of hydrogen-bond donors (Lipinski definition) is 1. The quantitative estimate of drug-likeness (QED) is 0.912.